The van der Waals surface area contributed by atoms with Gasteiger partial charge in [0.25, 0.3) is 5.91 Å². The summed E-state index contributed by atoms with van der Waals surface area (Å²) in [6, 6.07) is 22.1. The second-order valence-corrected chi connectivity index (χ2v) is 11.6. The zero-order valence-electron chi connectivity index (χ0n) is 24.7. The molecule has 1 fully saturated rings. The van der Waals surface area contributed by atoms with Crippen LogP contribution in [-0.4, -0.2) is 65.6 Å². The van der Waals surface area contributed by atoms with E-state index in [0.717, 1.165) is 23.4 Å². The maximum Gasteiger partial charge on any atom is 0.264 e. The van der Waals surface area contributed by atoms with E-state index in [0.29, 0.717) is 35.9 Å². The first-order valence-corrected chi connectivity index (χ1v) is 15.1. The number of anilines is 2. The molecule has 9 nitrogen and oxygen atoms in total. The SMILES string of the molecule is C[C@@H](/C=C/CC(=O)N(CCO)Cc1ccccc1)[C@]1(O)C(=O)N(Cc2ccc(N3CCNCC3=O)cc2)c2ccc(Cl)cc21. The lowest BCUT2D eigenvalue weighted by atomic mass is 9.83. The van der Waals surface area contributed by atoms with Gasteiger partial charge in [0.1, 0.15) is 0 Å². The summed E-state index contributed by atoms with van der Waals surface area (Å²) in [5.41, 5.74) is 1.68. The minimum atomic E-state index is -1.89. The van der Waals surface area contributed by atoms with Crippen molar-refractivity contribution in [2.24, 2.45) is 5.92 Å². The van der Waals surface area contributed by atoms with Gasteiger partial charge in [-0.3, -0.25) is 14.4 Å². The zero-order valence-corrected chi connectivity index (χ0v) is 25.4. The fraction of sp³-hybridized carbons (Fsp3) is 0.324. The number of halogens is 1. The van der Waals surface area contributed by atoms with Crippen LogP contribution in [0.1, 0.15) is 30.0 Å². The average Bonchev–Trinajstić information content (AvgIpc) is 3.24. The second kappa shape index (κ2) is 13.7. The molecule has 10 heteroatoms. The number of aliphatic hydroxyl groups is 2. The van der Waals surface area contributed by atoms with Crippen LogP contribution in [0.3, 0.4) is 0 Å². The van der Waals surface area contributed by atoms with Crippen LogP contribution in [0.25, 0.3) is 0 Å². The van der Waals surface area contributed by atoms with Crippen molar-refractivity contribution < 1.29 is 24.6 Å². The molecular formula is C34H37ClN4O5. The van der Waals surface area contributed by atoms with Crippen LogP contribution in [-0.2, 0) is 33.1 Å². The van der Waals surface area contributed by atoms with Crippen LogP contribution >= 0.6 is 11.6 Å². The number of carbonyl (C=O) groups excluding carboxylic acids is 3. The minimum absolute atomic E-state index is 0.00985. The minimum Gasteiger partial charge on any atom is -0.395 e. The topological polar surface area (TPSA) is 113 Å². The highest BCUT2D eigenvalue weighted by Crippen LogP contribution is 2.46. The van der Waals surface area contributed by atoms with Crippen LogP contribution in [0.2, 0.25) is 5.02 Å². The van der Waals surface area contributed by atoms with E-state index in [1.54, 1.807) is 52.0 Å². The van der Waals surface area contributed by atoms with Crippen LogP contribution in [0, 0.1) is 5.92 Å². The number of benzene rings is 3. The van der Waals surface area contributed by atoms with Crippen molar-refractivity contribution in [3.05, 3.63) is 107 Å². The Bertz CT molecular complexity index is 1530. The van der Waals surface area contributed by atoms with E-state index in [2.05, 4.69) is 5.32 Å². The van der Waals surface area contributed by atoms with Gasteiger partial charge < -0.3 is 30.2 Å². The van der Waals surface area contributed by atoms with Gasteiger partial charge in [-0.05, 0) is 41.5 Å². The van der Waals surface area contributed by atoms with Gasteiger partial charge in [-0.25, -0.2) is 0 Å². The average molecular weight is 617 g/mol. The Labute approximate surface area is 262 Å². The molecule has 230 valence electrons. The van der Waals surface area contributed by atoms with Crippen molar-refractivity contribution >= 4 is 40.7 Å². The number of amides is 3. The number of aliphatic hydroxyl groups excluding tert-OH is 1. The molecule has 2 aliphatic heterocycles. The van der Waals surface area contributed by atoms with E-state index in [1.807, 2.05) is 54.6 Å². The molecule has 3 N–H and O–H groups in total. The molecule has 3 aromatic rings. The molecule has 1 saturated heterocycles. The Morgan fingerprint density at radius 3 is 2.55 bits per heavy atom. The lowest BCUT2D eigenvalue weighted by molar-refractivity contribution is -0.139. The van der Waals surface area contributed by atoms with E-state index in [1.165, 1.54) is 0 Å². The van der Waals surface area contributed by atoms with E-state index in [-0.39, 0.29) is 37.9 Å². The van der Waals surface area contributed by atoms with E-state index in [4.69, 9.17) is 11.6 Å². The standard InChI is InChI=1S/C34H37ClN4O5/c1-24(6-5-9-31(41)37(18-19-40)22-25-7-3-2-4-8-25)34(44)29-20-27(35)12-15-30(29)39(33(34)43)23-26-10-13-28(14-11-26)38-17-16-36-21-32(38)42/h2-8,10-15,20,24,36,40,44H,9,16-19,21-23H2,1H3/b6-5+/t24-,34+/m0/s1. The smallest absolute Gasteiger partial charge is 0.264 e. The van der Waals surface area contributed by atoms with Crippen molar-refractivity contribution in [2.45, 2.75) is 32.0 Å². The predicted molar refractivity (Wildman–Crippen MR) is 170 cm³/mol. The summed E-state index contributed by atoms with van der Waals surface area (Å²) in [5.74, 6) is -1.32. The van der Waals surface area contributed by atoms with Crippen molar-refractivity contribution in [1.29, 1.82) is 0 Å². The number of nitrogens with zero attached hydrogens (tertiary/aromatic N) is 3. The molecule has 3 aromatic carbocycles. The van der Waals surface area contributed by atoms with E-state index >= 15 is 0 Å². The lowest BCUT2D eigenvalue weighted by Gasteiger charge is -2.28. The van der Waals surface area contributed by atoms with Crippen molar-refractivity contribution in [1.82, 2.24) is 10.2 Å². The molecule has 0 unspecified atom stereocenters. The molecular weight excluding hydrogens is 580 g/mol. The fourth-order valence-corrected chi connectivity index (χ4v) is 5.95. The number of rotatable bonds is 11. The number of fused-ring (bicyclic) bond motifs is 1. The number of piperazine rings is 1. The quantitative estimate of drug-likeness (QED) is 0.284. The van der Waals surface area contributed by atoms with Gasteiger partial charge in [0.2, 0.25) is 11.8 Å². The Morgan fingerprint density at radius 1 is 1.09 bits per heavy atom. The third-order valence-electron chi connectivity index (χ3n) is 8.22. The van der Waals surface area contributed by atoms with Crippen molar-refractivity contribution in [2.75, 3.05) is 42.6 Å². The fourth-order valence-electron chi connectivity index (χ4n) is 5.78. The molecule has 0 spiro atoms. The molecule has 2 aliphatic rings. The van der Waals surface area contributed by atoms with Crippen LogP contribution in [0.4, 0.5) is 11.4 Å². The molecule has 0 bridgehead atoms. The van der Waals surface area contributed by atoms with E-state index < -0.39 is 17.4 Å². The summed E-state index contributed by atoms with van der Waals surface area (Å²) >= 11 is 6.32. The first-order valence-electron chi connectivity index (χ1n) is 14.8. The van der Waals surface area contributed by atoms with Gasteiger partial charge in [-0.15, -0.1) is 0 Å². The molecule has 0 aromatic heterocycles. The monoisotopic (exact) mass is 616 g/mol. The normalized spacial score (nSPS) is 19.0. The number of hydrogen-bond acceptors (Lipinski definition) is 6. The second-order valence-electron chi connectivity index (χ2n) is 11.2. The molecule has 0 radical (unpaired) electrons. The molecule has 2 heterocycles. The highest BCUT2D eigenvalue weighted by molar-refractivity contribution is 6.31. The summed E-state index contributed by atoms with van der Waals surface area (Å²) in [6.45, 7) is 4.00. The van der Waals surface area contributed by atoms with Gasteiger partial charge in [0.05, 0.1) is 25.4 Å². The van der Waals surface area contributed by atoms with Crippen LogP contribution < -0.4 is 15.1 Å². The summed E-state index contributed by atoms with van der Waals surface area (Å²) in [7, 11) is 0. The van der Waals surface area contributed by atoms with Gasteiger partial charge in [-0.2, -0.15) is 0 Å². The van der Waals surface area contributed by atoms with Crippen molar-refractivity contribution in [3.8, 4) is 0 Å². The highest BCUT2D eigenvalue weighted by Gasteiger charge is 2.52. The first kappa shape index (κ1) is 31.4. The molecule has 5 rings (SSSR count). The van der Waals surface area contributed by atoms with E-state index in [9.17, 15) is 24.6 Å². The highest BCUT2D eigenvalue weighted by atomic mass is 35.5. The van der Waals surface area contributed by atoms with Crippen LogP contribution in [0.15, 0.2) is 84.9 Å². The Kier molecular flexibility index (Phi) is 9.80. The van der Waals surface area contributed by atoms with Gasteiger partial charge in [0.15, 0.2) is 5.60 Å². The predicted octanol–water partition coefficient (Wildman–Crippen LogP) is 3.61. The largest absolute Gasteiger partial charge is 0.395 e. The summed E-state index contributed by atoms with van der Waals surface area (Å²) in [4.78, 5) is 44.1. The molecule has 2 atom stereocenters. The number of carbonyl (C=O) groups is 3. The third-order valence-corrected chi connectivity index (χ3v) is 8.46. The van der Waals surface area contributed by atoms with Crippen molar-refractivity contribution in [3.63, 3.8) is 0 Å². The van der Waals surface area contributed by atoms with Crippen LogP contribution in [0.5, 0.6) is 0 Å². The maximum absolute atomic E-state index is 13.9. The Hall–Kier alpha value is -4.02. The molecule has 0 aliphatic carbocycles. The summed E-state index contributed by atoms with van der Waals surface area (Å²) < 4.78 is 0. The molecule has 3 amide bonds. The summed E-state index contributed by atoms with van der Waals surface area (Å²) in [6.07, 6.45) is 3.40. The van der Waals surface area contributed by atoms with Gasteiger partial charge >= 0.3 is 0 Å². The number of hydrogen-bond donors (Lipinski definition) is 3. The lowest BCUT2D eigenvalue weighted by Crippen LogP contribution is -2.48. The maximum atomic E-state index is 13.9. The zero-order chi connectivity index (χ0) is 31.3. The third kappa shape index (κ3) is 6.56. The molecule has 0 saturated carbocycles. The van der Waals surface area contributed by atoms with Gasteiger partial charge in [-0.1, -0.05) is 73.1 Å². The Balaban J connectivity index is 1.31. The number of nitrogens with one attached hydrogen (secondary N) is 1. The van der Waals surface area contributed by atoms with Gasteiger partial charge in [0, 0.05) is 54.8 Å². The molecule has 44 heavy (non-hydrogen) atoms. The Morgan fingerprint density at radius 2 is 1.84 bits per heavy atom. The first-order chi connectivity index (χ1) is 21.2. The summed E-state index contributed by atoms with van der Waals surface area (Å²) in [5, 5.41) is 24.9.